The zero-order valence-corrected chi connectivity index (χ0v) is 13.4. The van der Waals surface area contributed by atoms with Crippen molar-refractivity contribution in [1.29, 1.82) is 0 Å². The number of aliphatic carboxylic acids is 1. The lowest BCUT2D eigenvalue weighted by Gasteiger charge is -2.16. The van der Waals surface area contributed by atoms with Gasteiger partial charge in [-0.15, -0.1) is 11.8 Å². The van der Waals surface area contributed by atoms with Gasteiger partial charge in [0.1, 0.15) is 6.04 Å². The van der Waals surface area contributed by atoms with Gasteiger partial charge in [0.25, 0.3) is 0 Å². The first kappa shape index (κ1) is 17.5. The predicted molar refractivity (Wildman–Crippen MR) is 85.7 cm³/mol. The fraction of sp³-hybridized carbons (Fsp3) is 0.467. The minimum Gasteiger partial charge on any atom is -0.480 e. The molecule has 0 saturated carbocycles. The largest absolute Gasteiger partial charge is 0.480 e. The Morgan fingerprint density at radius 3 is 2.52 bits per heavy atom. The highest BCUT2D eigenvalue weighted by Crippen LogP contribution is 2.24. The average molecular weight is 310 g/mol. The predicted octanol–water partition coefficient (Wildman–Crippen LogP) is 2.44. The van der Waals surface area contributed by atoms with Gasteiger partial charge in [0.05, 0.1) is 12.2 Å². The summed E-state index contributed by atoms with van der Waals surface area (Å²) in [6, 6.07) is 6.80. The number of thioether (sulfide) groups is 1. The highest BCUT2D eigenvalue weighted by Gasteiger charge is 2.19. The van der Waals surface area contributed by atoms with E-state index in [9.17, 15) is 9.59 Å². The first-order valence-electron chi connectivity index (χ1n) is 6.83. The smallest absolute Gasteiger partial charge is 0.320 e. The van der Waals surface area contributed by atoms with Crippen LogP contribution in [0.2, 0.25) is 0 Å². The molecule has 0 fully saturated rings. The third-order valence-corrected chi connectivity index (χ3v) is 3.69. The molecular weight excluding hydrogens is 288 g/mol. The monoisotopic (exact) mass is 310 g/mol. The lowest BCUT2D eigenvalue weighted by molar-refractivity contribution is -0.139. The molecule has 0 aliphatic carbocycles. The second kappa shape index (κ2) is 8.69. The summed E-state index contributed by atoms with van der Waals surface area (Å²) in [6.45, 7) is 3.88. The van der Waals surface area contributed by atoms with E-state index in [2.05, 4.69) is 10.6 Å². The molecule has 0 radical (unpaired) electrons. The number of carboxylic acid groups (broad SMARTS) is 1. The van der Waals surface area contributed by atoms with Gasteiger partial charge in [0, 0.05) is 4.90 Å². The highest BCUT2D eigenvalue weighted by atomic mass is 32.2. The molecule has 0 bridgehead atoms. The number of anilines is 1. The maximum Gasteiger partial charge on any atom is 0.320 e. The molecule has 1 aromatic carbocycles. The molecule has 0 saturated heterocycles. The molecule has 1 rings (SSSR count). The zero-order valence-electron chi connectivity index (χ0n) is 12.6. The van der Waals surface area contributed by atoms with Crippen molar-refractivity contribution in [3.63, 3.8) is 0 Å². The van der Waals surface area contributed by atoms with Crippen molar-refractivity contribution in [2.24, 2.45) is 5.92 Å². The molecule has 1 unspecified atom stereocenters. The molecule has 5 nitrogen and oxygen atoms in total. The van der Waals surface area contributed by atoms with Gasteiger partial charge in [-0.05, 0) is 30.7 Å². The number of hydrogen-bond acceptors (Lipinski definition) is 4. The molecule has 1 atom stereocenters. The van der Waals surface area contributed by atoms with Crippen molar-refractivity contribution < 1.29 is 14.7 Å². The SMILES string of the molecule is CSc1ccccc1NC(=O)CNC(CC(C)C)C(=O)O. The van der Waals surface area contributed by atoms with Crippen LogP contribution < -0.4 is 10.6 Å². The molecular formula is C15H22N2O3S. The number of hydrogen-bond donors (Lipinski definition) is 3. The lowest BCUT2D eigenvalue weighted by Crippen LogP contribution is -2.42. The average Bonchev–Trinajstić information content (AvgIpc) is 2.43. The molecule has 21 heavy (non-hydrogen) atoms. The fourth-order valence-electron chi connectivity index (χ4n) is 1.90. The van der Waals surface area contributed by atoms with Crippen LogP contribution in [0.25, 0.3) is 0 Å². The number of carboxylic acids is 1. The maximum absolute atomic E-state index is 11.9. The van der Waals surface area contributed by atoms with Crippen molar-refractivity contribution in [3.8, 4) is 0 Å². The van der Waals surface area contributed by atoms with E-state index < -0.39 is 12.0 Å². The van der Waals surface area contributed by atoms with E-state index in [0.29, 0.717) is 6.42 Å². The zero-order chi connectivity index (χ0) is 15.8. The Morgan fingerprint density at radius 1 is 1.29 bits per heavy atom. The van der Waals surface area contributed by atoms with Gasteiger partial charge in [-0.2, -0.15) is 0 Å². The Hall–Kier alpha value is -1.53. The van der Waals surface area contributed by atoms with Crippen LogP contribution >= 0.6 is 11.8 Å². The van der Waals surface area contributed by atoms with Crippen molar-refractivity contribution in [2.45, 2.75) is 31.2 Å². The quantitative estimate of drug-likeness (QED) is 0.643. The van der Waals surface area contributed by atoms with Crippen LogP contribution in [0.5, 0.6) is 0 Å². The van der Waals surface area contributed by atoms with Crippen LogP contribution in [0, 0.1) is 5.92 Å². The fourth-order valence-corrected chi connectivity index (χ4v) is 2.45. The number of benzene rings is 1. The van der Waals surface area contributed by atoms with Gasteiger partial charge in [0.2, 0.25) is 5.91 Å². The molecule has 116 valence electrons. The van der Waals surface area contributed by atoms with Crippen molar-refractivity contribution in [1.82, 2.24) is 5.32 Å². The molecule has 0 aliphatic heterocycles. The van der Waals surface area contributed by atoms with E-state index in [1.54, 1.807) is 11.8 Å². The summed E-state index contributed by atoms with van der Waals surface area (Å²) >= 11 is 1.55. The van der Waals surface area contributed by atoms with Gasteiger partial charge in [-0.25, -0.2) is 0 Å². The van der Waals surface area contributed by atoms with Crippen molar-refractivity contribution in [3.05, 3.63) is 24.3 Å². The lowest BCUT2D eigenvalue weighted by atomic mass is 10.0. The summed E-state index contributed by atoms with van der Waals surface area (Å²) < 4.78 is 0. The van der Waals surface area contributed by atoms with Crippen LogP contribution in [0.1, 0.15) is 20.3 Å². The molecule has 0 aliphatic rings. The molecule has 0 aromatic heterocycles. The normalized spacial score (nSPS) is 12.2. The van der Waals surface area contributed by atoms with E-state index in [4.69, 9.17) is 5.11 Å². The Labute approximate surface area is 129 Å². The Bertz CT molecular complexity index is 492. The first-order chi connectivity index (χ1) is 9.93. The van der Waals surface area contributed by atoms with Crippen LogP contribution in [-0.2, 0) is 9.59 Å². The third kappa shape index (κ3) is 6.18. The van der Waals surface area contributed by atoms with Gasteiger partial charge >= 0.3 is 5.97 Å². The Kier molecular flexibility index (Phi) is 7.25. The number of amides is 1. The summed E-state index contributed by atoms with van der Waals surface area (Å²) in [5.74, 6) is -0.925. The van der Waals surface area contributed by atoms with Gasteiger partial charge in [-0.1, -0.05) is 26.0 Å². The van der Waals surface area contributed by atoms with Gasteiger partial charge in [0.15, 0.2) is 0 Å². The summed E-state index contributed by atoms with van der Waals surface area (Å²) in [5.41, 5.74) is 0.743. The number of carbonyl (C=O) groups excluding carboxylic acids is 1. The number of para-hydroxylation sites is 1. The molecule has 0 spiro atoms. The third-order valence-electron chi connectivity index (χ3n) is 2.90. The molecule has 1 aromatic rings. The van der Waals surface area contributed by atoms with Crippen LogP contribution in [0.3, 0.4) is 0 Å². The van der Waals surface area contributed by atoms with E-state index in [0.717, 1.165) is 10.6 Å². The minimum absolute atomic E-state index is 0.0214. The standard InChI is InChI=1S/C15H22N2O3S/c1-10(2)8-12(15(19)20)16-9-14(18)17-11-6-4-5-7-13(11)21-3/h4-7,10,12,16H,8-9H2,1-3H3,(H,17,18)(H,19,20). The van der Waals surface area contributed by atoms with Crippen LogP contribution in [0.15, 0.2) is 29.2 Å². The van der Waals surface area contributed by atoms with Gasteiger partial charge in [-0.3, -0.25) is 14.9 Å². The van der Waals surface area contributed by atoms with Gasteiger partial charge < -0.3 is 10.4 Å². The van der Waals surface area contributed by atoms with Crippen molar-refractivity contribution >= 4 is 29.3 Å². The number of carbonyl (C=O) groups is 2. The first-order valence-corrected chi connectivity index (χ1v) is 8.05. The van der Waals surface area contributed by atoms with E-state index in [1.807, 2.05) is 44.4 Å². The van der Waals surface area contributed by atoms with Crippen molar-refractivity contribution in [2.75, 3.05) is 18.1 Å². The molecule has 1 amide bonds. The van der Waals surface area contributed by atoms with E-state index >= 15 is 0 Å². The maximum atomic E-state index is 11.9. The van der Waals surface area contributed by atoms with Crippen LogP contribution in [0.4, 0.5) is 5.69 Å². The summed E-state index contributed by atoms with van der Waals surface area (Å²) in [5, 5.41) is 14.7. The Morgan fingerprint density at radius 2 is 1.95 bits per heavy atom. The second-order valence-electron chi connectivity index (χ2n) is 5.15. The molecule has 3 N–H and O–H groups in total. The van der Waals surface area contributed by atoms with E-state index in [1.165, 1.54) is 0 Å². The summed E-state index contributed by atoms with van der Waals surface area (Å²) in [6.07, 6.45) is 2.43. The van der Waals surface area contributed by atoms with Crippen LogP contribution in [-0.4, -0.2) is 35.8 Å². The number of rotatable bonds is 8. The summed E-state index contributed by atoms with van der Waals surface area (Å²) in [4.78, 5) is 24.0. The Balaban J connectivity index is 2.55. The molecule has 0 heterocycles. The minimum atomic E-state index is -0.930. The van der Waals surface area contributed by atoms with E-state index in [-0.39, 0.29) is 18.4 Å². The summed E-state index contributed by atoms with van der Waals surface area (Å²) in [7, 11) is 0. The topological polar surface area (TPSA) is 78.4 Å². The highest BCUT2D eigenvalue weighted by molar-refractivity contribution is 7.98. The second-order valence-corrected chi connectivity index (χ2v) is 6.00. The number of nitrogens with one attached hydrogen (secondary N) is 2. The molecule has 6 heteroatoms.